The largest absolute Gasteiger partial charge is 0.353 e. The van der Waals surface area contributed by atoms with Crippen molar-refractivity contribution < 1.29 is 0 Å². The highest BCUT2D eigenvalue weighted by molar-refractivity contribution is 5.66. The minimum absolute atomic E-state index is 0.898. The van der Waals surface area contributed by atoms with Crippen LogP contribution in [0.3, 0.4) is 0 Å². The topological polar surface area (TPSA) is 45.5 Å². The zero-order chi connectivity index (χ0) is 14.9. The van der Waals surface area contributed by atoms with Crippen molar-refractivity contribution in [3.05, 3.63) is 48.2 Å². The summed E-state index contributed by atoms with van der Waals surface area (Å²) in [5.41, 5.74) is 4.12. The number of aryl methyl sites for hydroxylation is 1. The third kappa shape index (κ3) is 2.23. The summed E-state index contributed by atoms with van der Waals surface area (Å²) < 4.78 is 1.96. The Morgan fingerprint density at radius 1 is 1.00 bits per heavy atom. The predicted molar refractivity (Wildman–Crippen MR) is 88.2 cm³/mol. The van der Waals surface area contributed by atoms with Crippen LogP contribution in [0.5, 0.6) is 0 Å². The van der Waals surface area contributed by atoms with Crippen molar-refractivity contribution >= 4 is 11.5 Å². The average molecular weight is 293 g/mol. The molecule has 22 heavy (non-hydrogen) atoms. The molecule has 1 aliphatic heterocycles. The Morgan fingerprint density at radius 2 is 1.77 bits per heavy atom. The molecular formula is C17H19N5. The van der Waals surface area contributed by atoms with E-state index < -0.39 is 0 Å². The molecule has 1 aliphatic rings. The van der Waals surface area contributed by atoms with E-state index in [0.29, 0.717) is 0 Å². The number of rotatable bonds is 2. The van der Waals surface area contributed by atoms with E-state index in [1.807, 2.05) is 22.7 Å². The molecule has 0 spiro atoms. The normalized spacial score (nSPS) is 15.4. The maximum absolute atomic E-state index is 4.80. The number of anilines is 1. The molecule has 2 aromatic heterocycles. The van der Waals surface area contributed by atoms with Crippen molar-refractivity contribution in [1.29, 1.82) is 0 Å². The Kier molecular flexibility index (Phi) is 3.27. The molecule has 0 bridgehead atoms. The molecule has 112 valence electrons. The molecule has 0 atom stereocenters. The molecule has 0 radical (unpaired) electrons. The van der Waals surface area contributed by atoms with Crippen molar-refractivity contribution in [2.24, 2.45) is 0 Å². The lowest BCUT2D eigenvalue weighted by atomic mass is 10.1. The van der Waals surface area contributed by atoms with Gasteiger partial charge in [-0.1, -0.05) is 30.3 Å². The van der Waals surface area contributed by atoms with Crippen LogP contribution < -0.4 is 10.2 Å². The summed E-state index contributed by atoms with van der Waals surface area (Å²) in [6, 6.07) is 14.4. The third-order valence-electron chi connectivity index (χ3n) is 4.18. The van der Waals surface area contributed by atoms with E-state index in [1.165, 1.54) is 0 Å². The second-order valence-electron chi connectivity index (χ2n) is 5.61. The molecule has 1 saturated heterocycles. The van der Waals surface area contributed by atoms with E-state index in [4.69, 9.17) is 10.1 Å². The molecular weight excluding hydrogens is 274 g/mol. The first-order valence-electron chi connectivity index (χ1n) is 7.70. The summed E-state index contributed by atoms with van der Waals surface area (Å²) in [6.07, 6.45) is 0. The number of aromatic nitrogens is 3. The van der Waals surface area contributed by atoms with Gasteiger partial charge >= 0.3 is 0 Å². The van der Waals surface area contributed by atoms with E-state index in [1.54, 1.807) is 0 Å². The standard InChI is InChI=1S/C17H19N5/c1-13-17(14-5-3-2-4-6-14)19-15-7-8-16(20-22(13)15)21-11-9-18-10-12-21/h2-8,18H,9-12H2,1H3. The third-order valence-corrected chi connectivity index (χ3v) is 4.18. The van der Waals surface area contributed by atoms with Crippen molar-refractivity contribution in [2.45, 2.75) is 6.92 Å². The van der Waals surface area contributed by atoms with Crippen LogP contribution in [0.15, 0.2) is 42.5 Å². The Bertz CT molecular complexity index is 787. The second kappa shape index (κ2) is 5.42. The maximum Gasteiger partial charge on any atom is 0.154 e. The fraction of sp³-hybridized carbons (Fsp3) is 0.294. The summed E-state index contributed by atoms with van der Waals surface area (Å²) in [5, 5.41) is 8.17. The van der Waals surface area contributed by atoms with Crippen molar-refractivity contribution in [3.8, 4) is 11.3 Å². The molecule has 1 aromatic carbocycles. The summed E-state index contributed by atoms with van der Waals surface area (Å²) in [4.78, 5) is 7.06. The number of piperazine rings is 1. The van der Waals surface area contributed by atoms with Crippen LogP contribution in [-0.2, 0) is 0 Å². The van der Waals surface area contributed by atoms with Crippen LogP contribution in [0.4, 0.5) is 5.82 Å². The number of hydrogen-bond acceptors (Lipinski definition) is 4. The zero-order valence-electron chi connectivity index (χ0n) is 12.7. The maximum atomic E-state index is 4.80. The van der Waals surface area contributed by atoms with Gasteiger partial charge in [-0.3, -0.25) is 0 Å². The summed E-state index contributed by atoms with van der Waals surface area (Å²) in [7, 11) is 0. The highest BCUT2D eigenvalue weighted by Gasteiger charge is 2.15. The molecule has 0 unspecified atom stereocenters. The van der Waals surface area contributed by atoms with Crippen LogP contribution in [-0.4, -0.2) is 40.8 Å². The first-order valence-corrected chi connectivity index (χ1v) is 7.70. The summed E-state index contributed by atoms with van der Waals surface area (Å²) in [5.74, 6) is 1.02. The monoisotopic (exact) mass is 293 g/mol. The number of imidazole rings is 1. The van der Waals surface area contributed by atoms with Gasteiger partial charge in [-0.2, -0.15) is 0 Å². The highest BCUT2D eigenvalue weighted by atomic mass is 15.3. The Balaban J connectivity index is 1.78. The Labute approximate surface area is 129 Å². The van der Waals surface area contributed by atoms with Crippen molar-refractivity contribution in [1.82, 2.24) is 19.9 Å². The van der Waals surface area contributed by atoms with Gasteiger partial charge in [0.1, 0.15) is 5.82 Å². The van der Waals surface area contributed by atoms with Crippen LogP contribution in [0, 0.1) is 6.92 Å². The smallest absolute Gasteiger partial charge is 0.154 e. The van der Waals surface area contributed by atoms with Gasteiger partial charge in [-0.25, -0.2) is 9.50 Å². The molecule has 0 saturated carbocycles. The molecule has 0 aliphatic carbocycles. The number of nitrogens with one attached hydrogen (secondary N) is 1. The van der Waals surface area contributed by atoms with Gasteiger partial charge in [0.25, 0.3) is 0 Å². The van der Waals surface area contributed by atoms with E-state index >= 15 is 0 Å². The molecule has 4 rings (SSSR count). The minimum Gasteiger partial charge on any atom is -0.353 e. The lowest BCUT2D eigenvalue weighted by Gasteiger charge is -2.28. The molecule has 1 fully saturated rings. The number of hydrogen-bond donors (Lipinski definition) is 1. The molecule has 3 heterocycles. The van der Waals surface area contributed by atoms with Crippen molar-refractivity contribution in [2.75, 3.05) is 31.1 Å². The first-order chi connectivity index (χ1) is 10.8. The van der Waals surface area contributed by atoms with E-state index in [0.717, 1.165) is 54.6 Å². The lowest BCUT2D eigenvalue weighted by Crippen LogP contribution is -2.44. The van der Waals surface area contributed by atoms with E-state index in [-0.39, 0.29) is 0 Å². The second-order valence-corrected chi connectivity index (χ2v) is 5.61. The number of nitrogens with zero attached hydrogens (tertiary/aromatic N) is 4. The molecule has 5 nitrogen and oxygen atoms in total. The first kappa shape index (κ1) is 13.3. The SMILES string of the molecule is Cc1c(-c2ccccc2)nc2ccc(N3CCNCC3)nn12. The minimum atomic E-state index is 0.898. The number of fused-ring (bicyclic) bond motifs is 1. The molecule has 1 N–H and O–H groups in total. The Morgan fingerprint density at radius 3 is 2.55 bits per heavy atom. The summed E-state index contributed by atoms with van der Waals surface area (Å²) >= 11 is 0. The van der Waals surface area contributed by atoms with Crippen LogP contribution >= 0.6 is 0 Å². The van der Waals surface area contributed by atoms with Gasteiger partial charge < -0.3 is 10.2 Å². The fourth-order valence-electron chi connectivity index (χ4n) is 2.97. The van der Waals surface area contributed by atoms with E-state index in [9.17, 15) is 0 Å². The van der Waals surface area contributed by atoms with Crippen LogP contribution in [0.1, 0.15) is 5.69 Å². The quantitative estimate of drug-likeness (QED) is 0.786. The van der Waals surface area contributed by atoms with Gasteiger partial charge in [-0.15, -0.1) is 5.10 Å². The average Bonchev–Trinajstić information content (AvgIpc) is 2.93. The molecule has 0 amide bonds. The van der Waals surface area contributed by atoms with Gasteiger partial charge in [0.2, 0.25) is 0 Å². The molecule has 3 aromatic rings. The van der Waals surface area contributed by atoms with Crippen LogP contribution in [0.2, 0.25) is 0 Å². The Hall–Kier alpha value is -2.40. The van der Waals surface area contributed by atoms with Gasteiger partial charge in [-0.05, 0) is 19.1 Å². The summed E-state index contributed by atoms with van der Waals surface area (Å²) in [6.45, 7) is 6.10. The van der Waals surface area contributed by atoms with Crippen LogP contribution in [0.25, 0.3) is 16.9 Å². The number of benzene rings is 1. The van der Waals surface area contributed by atoms with Gasteiger partial charge in [0.15, 0.2) is 5.65 Å². The zero-order valence-corrected chi connectivity index (χ0v) is 12.7. The highest BCUT2D eigenvalue weighted by Crippen LogP contribution is 2.24. The predicted octanol–water partition coefficient (Wildman–Crippen LogP) is 2.11. The fourth-order valence-corrected chi connectivity index (χ4v) is 2.97. The molecule has 5 heteroatoms. The van der Waals surface area contributed by atoms with Gasteiger partial charge in [0, 0.05) is 31.7 Å². The lowest BCUT2D eigenvalue weighted by molar-refractivity contribution is 0.581. The van der Waals surface area contributed by atoms with Gasteiger partial charge in [0.05, 0.1) is 11.4 Å². The van der Waals surface area contributed by atoms with Crippen molar-refractivity contribution in [3.63, 3.8) is 0 Å². The van der Waals surface area contributed by atoms with E-state index in [2.05, 4.69) is 41.4 Å².